The molecule has 0 spiro atoms. The van der Waals surface area contributed by atoms with Crippen LogP contribution >= 0.6 is 0 Å². The van der Waals surface area contributed by atoms with Crippen LogP contribution in [-0.2, 0) is 9.53 Å². The Morgan fingerprint density at radius 2 is 1.95 bits per heavy atom. The van der Waals surface area contributed by atoms with Crippen molar-refractivity contribution in [1.29, 1.82) is 0 Å². The van der Waals surface area contributed by atoms with E-state index in [0.717, 1.165) is 37.5 Å². The van der Waals surface area contributed by atoms with Gasteiger partial charge in [0.05, 0.1) is 6.54 Å². The molecule has 2 aliphatic rings. The van der Waals surface area contributed by atoms with Crippen molar-refractivity contribution in [2.45, 2.75) is 25.4 Å². The molecule has 0 saturated carbocycles. The van der Waals surface area contributed by atoms with Crippen LogP contribution in [0.5, 0.6) is 0 Å². The van der Waals surface area contributed by atoms with E-state index in [2.05, 4.69) is 17.4 Å². The summed E-state index contributed by atoms with van der Waals surface area (Å²) in [4.78, 5) is 14.0. The topological polar surface area (TPSA) is 41.6 Å². The average Bonchev–Trinajstić information content (AvgIpc) is 2.56. The number of hydrogen-bond acceptors (Lipinski definition) is 3. The highest BCUT2D eigenvalue weighted by atomic mass is 16.5. The Labute approximate surface area is 126 Å². The van der Waals surface area contributed by atoms with Crippen molar-refractivity contribution in [3.05, 3.63) is 35.9 Å². The standard InChI is InChI=1S/C17H24N2O2/c20-17-13-21-16(15-4-2-1-3-5-15)12-19(17)11-8-14-6-9-18-10-7-14/h1-5,14,16,18H,6-13H2. The van der Waals surface area contributed by atoms with Gasteiger partial charge in [0, 0.05) is 6.54 Å². The summed E-state index contributed by atoms with van der Waals surface area (Å²) in [6.45, 7) is 4.01. The van der Waals surface area contributed by atoms with Crippen molar-refractivity contribution in [2.24, 2.45) is 5.92 Å². The van der Waals surface area contributed by atoms with Crippen LogP contribution in [0.25, 0.3) is 0 Å². The minimum Gasteiger partial charge on any atom is -0.362 e. The third-order valence-corrected chi connectivity index (χ3v) is 4.58. The molecule has 1 aromatic rings. The molecule has 1 aromatic carbocycles. The van der Waals surface area contributed by atoms with E-state index in [1.165, 1.54) is 12.8 Å². The monoisotopic (exact) mass is 288 g/mol. The van der Waals surface area contributed by atoms with Gasteiger partial charge >= 0.3 is 0 Å². The molecule has 1 unspecified atom stereocenters. The quantitative estimate of drug-likeness (QED) is 0.921. The molecule has 2 fully saturated rings. The normalized spacial score (nSPS) is 24.3. The molecule has 4 nitrogen and oxygen atoms in total. The molecule has 21 heavy (non-hydrogen) atoms. The van der Waals surface area contributed by atoms with Crippen LogP contribution in [0.1, 0.15) is 30.9 Å². The second-order valence-electron chi connectivity index (χ2n) is 6.03. The second kappa shape index (κ2) is 7.05. The zero-order valence-electron chi connectivity index (χ0n) is 12.5. The van der Waals surface area contributed by atoms with Crippen molar-refractivity contribution in [1.82, 2.24) is 10.2 Å². The predicted molar refractivity (Wildman–Crippen MR) is 81.9 cm³/mol. The van der Waals surface area contributed by atoms with Gasteiger partial charge in [-0.25, -0.2) is 0 Å². The van der Waals surface area contributed by atoms with Gasteiger partial charge in [0.2, 0.25) is 5.91 Å². The van der Waals surface area contributed by atoms with E-state index in [9.17, 15) is 4.79 Å². The fourth-order valence-corrected chi connectivity index (χ4v) is 3.21. The largest absolute Gasteiger partial charge is 0.362 e. The van der Waals surface area contributed by atoms with Crippen molar-refractivity contribution in [3.63, 3.8) is 0 Å². The van der Waals surface area contributed by atoms with E-state index in [0.29, 0.717) is 6.54 Å². The van der Waals surface area contributed by atoms with Crippen molar-refractivity contribution >= 4 is 5.91 Å². The Morgan fingerprint density at radius 1 is 1.19 bits per heavy atom. The first-order chi connectivity index (χ1) is 10.3. The molecule has 1 N–H and O–H groups in total. The fourth-order valence-electron chi connectivity index (χ4n) is 3.21. The number of morpholine rings is 1. The molecule has 0 aromatic heterocycles. The fraction of sp³-hybridized carbons (Fsp3) is 0.588. The first-order valence-corrected chi connectivity index (χ1v) is 7.98. The molecular weight excluding hydrogens is 264 g/mol. The highest BCUT2D eigenvalue weighted by Crippen LogP contribution is 2.24. The Balaban J connectivity index is 1.55. The van der Waals surface area contributed by atoms with Crippen LogP contribution < -0.4 is 5.32 Å². The lowest BCUT2D eigenvalue weighted by atomic mass is 9.94. The third-order valence-electron chi connectivity index (χ3n) is 4.58. The summed E-state index contributed by atoms with van der Waals surface area (Å²) >= 11 is 0. The number of benzene rings is 1. The summed E-state index contributed by atoms with van der Waals surface area (Å²) in [5, 5.41) is 3.39. The molecule has 0 radical (unpaired) electrons. The van der Waals surface area contributed by atoms with E-state index in [1.54, 1.807) is 0 Å². The zero-order valence-corrected chi connectivity index (χ0v) is 12.5. The first-order valence-electron chi connectivity index (χ1n) is 7.98. The molecule has 1 atom stereocenters. The summed E-state index contributed by atoms with van der Waals surface area (Å²) in [5.41, 5.74) is 1.16. The maximum Gasteiger partial charge on any atom is 0.248 e. The summed E-state index contributed by atoms with van der Waals surface area (Å²) in [5.74, 6) is 0.896. The number of carbonyl (C=O) groups excluding carboxylic acids is 1. The number of amides is 1. The van der Waals surface area contributed by atoms with Crippen LogP contribution in [0.2, 0.25) is 0 Å². The molecule has 1 amide bonds. The molecule has 2 heterocycles. The third kappa shape index (κ3) is 3.83. The van der Waals surface area contributed by atoms with Crippen LogP contribution in [0.3, 0.4) is 0 Å². The highest BCUT2D eigenvalue weighted by molar-refractivity contribution is 5.78. The lowest BCUT2D eigenvalue weighted by Gasteiger charge is -2.34. The number of hydrogen-bond donors (Lipinski definition) is 1. The van der Waals surface area contributed by atoms with Gasteiger partial charge in [-0.05, 0) is 43.8 Å². The average molecular weight is 288 g/mol. The predicted octanol–water partition coefficient (Wildman–Crippen LogP) is 1.98. The summed E-state index contributed by atoms with van der Waals surface area (Å²) in [6, 6.07) is 10.2. The number of ether oxygens (including phenoxy) is 1. The van der Waals surface area contributed by atoms with E-state index in [-0.39, 0.29) is 18.6 Å². The maximum absolute atomic E-state index is 12.0. The molecule has 2 aliphatic heterocycles. The van der Waals surface area contributed by atoms with E-state index in [4.69, 9.17) is 4.74 Å². The number of nitrogens with zero attached hydrogens (tertiary/aromatic N) is 1. The second-order valence-corrected chi connectivity index (χ2v) is 6.03. The molecule has 3 rings (SSSR count). The van der Waals surface area contributed by atoms with Crippen LogP contribution in [0.4, 0.5) is 0 Å². The Morgan fingerprint density at radius 3 is 2.71 bits per heavy atom. The molecule has 4 heteroatoms. The van der Waals surface area contributed by atoms with Gasteiger partial charge in [-0.1, -0.05) is 30.3 Å². The SMILES string of the molecule is O=C1COC(c2ccccc2)CN1CCC1CCNCC1. The highest BCUT2D eigenvalue weighted by Gasteiger charge is 2.27. The number of rotatable bonds is 4. The molecule has 2 saturated heterocycles. The van der Waals surface area contributed by atoms with Gasteiger partial charge in [-0.3, -0.25) is 4.79 Å². The summed E-state index contributed by atoms with van der Waals surface area (Å²) in [7, 11) is 0. The number of piperidine rings is 1. The van der Waals surface area contributed by atoms with E-state index in [1.807, 2.05) is 23.1 Å². The lowest BCUT2D eigenvalue weighted by molar-refractivity contribution is -0.149. The van der Waals surface area contributed by atoms with Crippen molar-refractivity contribution in [2.75, 3.05) is 32.8 Å². The molecule has 114 valence electrons. The van der Waals surface area contributed by atoms with Crippen molar-refractivity contribution in [3.8, 4) is 0 Å². The maximum atomic E-state index is 12.0. The summed E-state index contributed by atoms with van der Waals surface area (Å²) in [6.07, 6.45) is 3.62. The van der Waals surface area contributed by atoms with Crippen molar-refractivity contribution < 1.29 is 9.53 Å². The van der Waals surface area contributed by atoms with Gasteiger partial charge in [-0.15, -0.1) is 0 Å². The van der Waals surface area contributed by atoms with Crippen LogP contribution in [0.15, 0.2) is 30.3 Å². The summed E-state index contributed by atoms with van der Waals surface area (Å²) < 4.78 is 5.70. The number of carbonyl (C=O) groups is 1. The van der Waals surface area contributed by atoms with Gasteiger partial charge in [0.1, 0.15) is 12.7 Å². The van der Waals surface area contributed by atoms with E-state index < -0.39 is 0 Å². The lowest BCUT2D eigenvalue weighted by Crippen LogP contribution is -2.44. The number of nitrogens with one attached hydrogen (secondary N) is 1. The Hall–Kier alpha value is -1.39. The Kier molecular flexibility index (Phi) is 4.88. The van der Waals surface area contributed by atoms with Crippen LogP contribution in [-0.4, -0.2) is 43.6 Å². The van der Waals surface area contributed by atoms with E-state index >= 15 is 0 Å². The zero-order chi connectivity index (χ0) is 14.5. The molecule has 0 bridgehead atoms. The van der Waals surface area contributed by atoms with Gasteiger partial charge in [0.15, 0.2) is 0 Å². The minimum absolute atomic E-state index is 0.0249. The first kappa shape index (κ1) is 14.5. The minimum atomic E-state index is 0.0249. The Bertz CT molecular complexity index is 457. The van der Waals surface area contributed by atoms with Gasteiger partial charge < -0.3 is 15.0 Å². The molecule has 0 aliphatic carbocycles. The van der Waals surface area contributed by atoms with Crippen LogP contribution in [0, 0.1) is 5.92 Å². The van der Waals surface area contributed by atoms with Gasteiger partial charge in [-0.2, -0.15) is 0 Å². The molecular formula is C17H24N2O2. The smallest absolute Gasteiger partial charge is 0.248 e. The van der Waals surface area contributed by atoms with Gasteiger partial charge in [0.25, 0.3) is 0 Å².